The fourth-order valence-electron chi connectivity index (χ4n) is 7.02. The molecule has 1 aliphatic heterocycles. The molecule has 31 heavy (non-hydrogen) atoms. The molecular formula is C27H42N2O2. The van der Waals surface area contributed by atoms with Crippen LogP contribution in [-0.4, -0.2) is 29.2 Å². The number of carboxylic acid groups (broad SMARTS) is 1. The second kappa shape index (κ2) is 11.0. The predicted octanol–water partition coefficient (Wildman–Crippen LogP) is 5.52. The molecule has 4 unspecified atom stereocenters. The first-order valence-electron chi connectivity index (χ1n) is 12.9. The van der Waals surface area contributed by atoms with Crippen molar-refractivity contribution in [3.8, 4) is 0 Å². The molecular weight excluding hydrogens is 384 g/mol. The molecule has 1 saturated heterocycles. The predicted molar refractivity (Wildman–Crippen MR) is 126 cm³/mol. The Morgan fingerprint density at radius 1 is 1.00 bits per heavy atom. The molecule has 4 rings (SSSR count). The zero-order chi connectivity index (χ0) is 21.5. The SMILES string of the molecule is O=C(O)C(CC1CNC2(C3CCCCCCCC3)CCCCC12)NCc1ccccc1. The van der Waals surface area contributed by atoms with Gasteiger partial charge < -0.3 is 15.7 Å². The van der Waals surface area contributed by atoms with Gasteiger partial charge in [-0.25, -0.2) is 0 Å². The van der Waals surface area contributed by atoms with E-state index in [0.717, 1.165) is 24.4 Å². The first-order valence-corrected chi connectivity index (χ1v) is 12.9. The van der Waals surface area contributed by atoms with Gasteiger partial charge in [-0.05, 0) is 62.0 Å². The van der Waals surface area contributed by atoms with Crippen LogP contribution in [0.3, 0.4) is 0 Å². The molecule has 4 heteroatoms. The lowest BCUT2D eigenvalue weighted by Crippen LogP contribution is -2.53. The maximum Gasteiger partial charge on any atom is 0.320 e. The van der Waals surface area contributed by atoms with Crippen molar-refractivity contribution >= 4 is 5.97 Å². The van der Waals surface area contributed by atoms with Gasteiger partial charge in [0.1, 0.15) is 6.04 Å². The average molecular weight is 427 g/mol. The smallest absolute Gasteiger partial charge is 0.320 e. The van der Waals surface area contributed by atoms with E-state index in [0.29, 0.717) is 18.4 Å². The van der Waals surface area contributed by atoms with Crippen molar-refractivity contribution in [3.05, 3.63) is 35.9 Å². The standard InChI is InChI=1S/C27H42N2O2/c30-26(31)25(28-19-21-12-6-5-7-13-21)18-22-20-29-27(17-11-10-16-24(22)27)23-14-8-3-1-2-4-9-15-23/h5-7,12-13,22-25,28-29H,1-4,8-11,14-20H2,(H,30,31). The molecule has 0 radical (unpaired) electrons. The molecule has 0 aromatic heterocycles. The second-order valence-corrected chi connectivity index (χ2v) is 10.4. The molecule has 3 aliphatic rings. The summed E-state index contributed by atoms with van der Waals surface area (Å²) >= 11 is 0. The van der Waals surface area contributed by atoms with Gasteiger partial charge in [0.2, 0.25) is 0 Å². The minimum absolute atomic E-state index is 0.274. The van der Waals surface area contributed by atoms with Gasteiger partial charge in [-0.15, -0.1) is 0 Å². The third-order valence-electron chi connectivity index (χ3n) is 8.60. The first kappa shape index (κ1) is 22.8. The zero-order valence-electron chi connectivity index (χ0n) is 19.2. The Labute approximate surface area is 188 Å². The fraction of sp³-hybridized carbons (Fsp3) is 0.741. The number of nitrogens with one attached hydrogen (secondary N) is 2. The molecule has 1 aromatic carbocycles. The average Bonchev–Trinajstić information content (AvgIpc) is 3.22. The second-order valence-electron chi connectivity index (χ2n) is 10.4. The summed E-state index contributed by atoms with van der Waals surface area (Å²) in [7, 11) is 0. The molecule has 0 amide bonds. The highest BCUT2D eigenvalue weighted by Crippen LogP contribution is 2.50. The molecule has 1 heterocycles. The lowest BCUT2D eigenvalue weighted by atomic mass is 9.62. The lowest BCUT2D eigenvalue weighted by Gasteiger charge is -2.47. The molecule has 172 valence electrons. The van der Waals surface area contributed by atoms with Crippen molar-refractivity contribution in [2.45, 2.75) is 102 Å². The van der Waals surface area contributed by atoms with Crippen LogP contribution >= 0.6 is 0 Å². The number of hydrogen-bond acceptors (Lipinski definition) is 3. The highest BCUT2D eigenvalue weighted by molar-refractivity contribution is 5.73. The Morgan fingerprint density at radius 2 is 1.68 bits per heavy atom. The van der Waals surface area contributed by atoms with E-state index in [1.54, 1.807) is 0 Å². The van der Waals surface area contributed by atoms with E-state index in [1.165, 1.54) is 77.0 Å². The third kappa shape index (κ3) is 5.51. The number of aliphatic carboxylic acids is 1. The Morgan fingerprint density at radius 3 is 2.39 bits per heavy atom. The highest BCUT2D eigenvalue weighted by atomic mass is 16.4. The van der Waals surface area contributed by atoms with Crippen molar-refractivity contribution < 1.29 is 9.90 Å². The van der Waals surface area contributed by atoms with Crippen molar-refractivity contribution in [1.29, 1.82) is 0 Å². The van der Waals surface area contributed by atoms with Crippen LogP contribution in [0.15, 0.2) is 30.3 Å². The van der Waals surface area contributed by atoms with E-state index in [2.05, 4.69) is 22.8 Å². The van der Waals surface area contributed by atoms with Crippen LogP contribution < -0.4 is 10.6 Å². The minimum atomic E-state index is -0.702. The molecule has 4 atom stereocenters. The van der Waals surface area contributed by atoms with Gasteiger partial charge in [-0.3, -0.25) is 4.79 Å². The number of carboxylic acids is 1. The van der Waals surface area contributed by atoms with E-state index >= 15 is 0 Å². The van der Waals surface area contributed by atoms with Gasteiger partial charge in [0, 0.05) is 12.1 Å². The van der Waals surface area contributed by atoms with Crippen LogP contribution in [0.5, 0.6) is 0 Å². The Kier molecular flexibility index (Phi) is 8.06. The van der Waals surface area contributed by atoms with Crippen LogP contribution in [0, 0.1) is 17.8 Å². The summed E-state index contributed by atoms with van der Waals surface area (Å²) in [6.45, 7) is 1.62. The summed E-state index contributed by atoms with van der Waals surface area (Å²) in [5, 5.41) is 17.3. The molecule has 0 bridgehead atoms. The summed E-state index contributed by atoms with van der Waals surface area (Å²) in [6.07, 6.45) is 17.1. The summed E-state index contributed by atoms with van der Waals surface area (Å²) in [5.74, 6) is 1.19. The molecule has 0 spiro atoms. The monoisotopic (exact) mass is 426 g/mol. The zero-order valence-corrected chi connectivity index (χ0v) is 19.2. The molecule has 3 fully saturated rings. The van der Waals surface area contributed by atoms with Gasteiger partial charge in [0.05, 0.1) is 0 Å². The van der Waals surface area contributed by atoms with E-state index in [9.17, 15) is 9.90 Å². The number of fused-ring (bicyclic) bond motifs is 1. The number of rotatable bonds is 7. The van der Waals surface area contributed by atoms with Crippen molar-refractivity contribution in [3.63, 3.8) is 0 Å². The molecule has 4 nitrogen and oxygen atoms in total. The number of carbonyl (C=O) groups is 1. The van der Waals surface area contributed by atoms with Gasteiger partial charge >= 0.3 is 5.97 Å². The lowest BCUT2D eigenvalue weighted by molar-refractivity contribution is -0.140. The van der Waals surface area contributed by atoms with Crippen molar-refractivity contribution in [2.75, 3.05) is 6.54 Å². The van der Waals surface area contributed by atoms with Crippen LogP contribution in [0.25, 0.3) is 0 Å². The van der Waals surface area contributed by atoms with E-state index in [-0.39, 0.29) is 5.54 Å². The normalized spacial score (nSPS) is 31.2. The quantitative estimate of drug-likeness (QED) is 0.537. The van der Waals surface area contributed by atoms with Crippen LogP contribution in [-0.2, 0) is 11.3 Å². The summed E-state index contributed by atoms with van der Waals surface area (Å²) in [6, 6.07) is 9.69. The molecule has 2 saturated carbocycles. The minimum Gasteiger partial charge on any atom is -0.480 e. The van der Waals surface area contributed by atoms with Crippen molar-refractivity contribution in [2.24, 2.45) is 17.8 Å². The largest absolute Gasteiger partial charge is 0.480 e. The highest BCUT2D eigenvalue weighted by Gasteiger charge is 2.53. The Bertz CT molecular complexity index is 684. The van der Waals surface area contributed by atoms with E-state index < -0.39 is 12.0 Å². The third-order valence-corrected chi connectivity index (χ3v) is 8.60. The number of hydrogen-bond donors (Lipinski definition) is 3. The van der Waals surface area contributed by atoms with Gasteiger partial charge in [0.25, 0.3) is 0 Å². The van der Waals surface area contributed by atoms with Crippen LogP contribution in [0.1, 0.15) is 89.0 Å². The summed E-state index contributed by atoms with van der Waals surface area (Å²) in [5.41, 5.74) is 1.42. The Hall–Kier alpha value is -1.39. The van der Waals surface area contributed by atoms with Gasteiger partial charge in [-0.1, -0.05) is 81.7 Å². The number of benzene rings is 1. The first-order chi connectivity index (χ1) is 15.2. The van der Waals surface area contributed by atoms with E-state index in [4.69, 9.17) is 0 Å². The van der Waals surface area contributed by atoms with Crippen molar-refractivity contribution in [1.82, 2.24) is 10.6 Å². The van der Waals surface area contributed by atoms with E-state index in [1.807, 2.05) is 18.2 Å². The Balaban J connectivity index is 1.44. The topological polar surface area (TPSA) is 61.4 Å². The van der Waals surface area contributed by atoms with Gasteiger partial charge in [0.15, 0.2) is 0 Å². The maximum atomic E-state index is 12.1. The summed E-state index contributed by atoms with van der Waals surface area (Å²) in [4.78, 5) is 12.1. The van der Waals surface area contributed by atoms with Crippen LogP contribution in [0.2, 0.25) is 0 Å². The fourth-order valence-corrected chi connectivity index (χ4v) is 7.02. The summed E-state index contributed by atoms with van der Waals surface area (Å²) < 4.78 is 0. The maximum absolute atomic E-state index is 12.1. The van der Waals surface area contributed by atoms with Crippen LogP contribution in [0.4, 0.5) is 0 Å². The molecule has 1 aromatic rings. The molecule has 2 aliphatic carbocycles. The molecule has 3 N–H and O–H groups in total. The van der Waals surface area contributed by atoms with Gasteiger partial charge in [-0.2, -0.15) is 0 Å².